The predicted molar refractivity (Wildman–Crippen MR) is 83.3 cm³/mol. The van der Waals surface area contributed by atoms with Crippen LogP contribution < -0.4 is 10.6 Å². The van der Waals surface area contributed by atoms with Gasteiger partial charge in [0.15, 0.2) is 0 Å². The van der Waals surface area contributed by atoms with Crippen molar-refractivity contribution in [1.82, 2.24) is 10.2 Å². The first-order valence-corrected chi connectivity index (χ1v) is 7.39. The van der Waals surface area contributed by atoms with Gasteiger partial charge < -0.3 is 10.6 Å². The van der Waals surface area contributed by atoms with Crippen LogP contribution in [0.25, 0.3) is 0 Å². The smallest absolute Gasteiger partial charge is 0.241 e. The maximum absolute atomic E-state index is 12.2. The number of likely N-dealkylation sites (N-methyl/N-ethyl adjacent to an activating group) is 1. The molecule has 1 aromatic rings. The highest BCUT2D eigenvalue weighted by molar-refractivity contribution is 6.30. The average molecular weight is 310 g/mol. The minimum absolute atomic E-state index is 0.0394. The van der Waals surface area contributed by atoms with E-state index in [-0.39, 0.29) is 18.4 Å². The summed E-state index contributed by atoms with van der Waals surface area (Å²) in [5.74, 6) is -0.207. The number of hydrogen-bond donors (Lipinski definition) is 2. The van der Waals surface area contributed by atoms with E-state index in [9.17, 15) is 9.59 Å². The van der Waals surface area contributed by atoms with Crippen LogP contribution in [0.4, 0.5) is 5.69 Å². The summed E-state index contributed by atoms with van der Waals surface area (Å²) in [5.41, 5.74) is 0.648. The van der Waals surface area contributed by atoms with Gasteiger partial charge in [-0.05, 0) is 45.0 Å². The first-order valence-electron chi connectivity index (χ1n) is 7.01. The lowest BCUT2D eigenvalue weighted by atomic mass is 10.2. The van der Waals surface area contributed by atoms with E-state index in [1.54, 1.807) is 43.1 Å². The van der Waals surface area contributed by atoms with Gasteiger partial charge in [-0.2, -0.15) is 0 Å². The summed E-state index contributed by atoms with van der Waals surface area (Å²) < 4.78 is 0. The van der Waals surface area contributed by atoms with E-state index in [1.165, 1.54) is 0 Å². The molecule has 0 spiro atoms. The summed E-state index contributed by atoms with van der Waals surface area (Å²) in [6.07, 6.45) is 2.11. The zero-order valence-electron chi connectivity index (χ0n) is 12.2. The summed E-state index contributed by atoms with van der Waals surface area (Å²) in [5, 5.41) is 6.27. The zero-order valence-corrected chi connectivity index (χ0v) is 13.0. The predicted octanol–water partition coefficient (Wildman–Crippen LogP) is 1.88. The SMILES string of the molecule is C[C@@H](C(=O)Nc1cccc(Cl)c1)N(C)CC(=O)NC1CC1. The topological polar surface area (TPSA) is 61.4 Å². The average Bonchev–Trinajstić information content (AvgIpc) is 3.21. The molecular formula is C15H20ClN3O2. The Morgan fingerprint density at radius 2 is 2.14 bits per heavy atom. The second-order valence-corrected chi connectivity index (χ2v) is 5.87. The molecule has 1 aliphatic rings. The van der Waals surface area contributed by atoms with Gasteiger partial charge in [-0.3, -0.25) is 14.5 Å². The van der Waals surface area contributed by atoms with Crippen molar-refractivity contribution in [3.63, 3.8) is 0 Å². The third-order valence-corrected chi connectivity index (χ3v) is 3.70. The fourth-order valence-corrected chi connectivity index (χ4v) is 2.07. The lowest BCUT2D eigenvalue weighted by molar-refractivity contribution is -0.124. The van der Waals surface area contributed by atoms with Gasteiger partial charge in [0.1, 0.15) is 0 Å². The molecule has 0 aliphatic heterocycles. The van der Waals surface area contributed by atoms with Crippen molar-refractivity contribution < 1.29 is 9.59 Å². The number of amides is 2. The molecule has 2 N–H and O–H groups in total. The van der Waals surface area contributed by atoms with Crippen LogP contribution in [0, 0.1) is 0 Å². The molecule has 6 heteroatoms. The minimum atomic E-state index is -0.408. The van der Waals surface area contributed by atoms with Gasteiger partial charge in [-0.1, -0.05) is 17.7 Å². The lowest BCUT2D eigenvalue weighted by Crippen LogP contribution is -2.45. The number of carbonyl (C=O) groups excluding carboxylic acids is 2. The number of benzene rings is 1. The van der Waals surface area contributed by atoms with Crippen LogP contribution in [0.15, 0.2) is 24.3 Å². The van der Waals surface area contributed by atoms with Crippen molar-refractivity contribution in [3.8, 4) is 0 Å². The Balaban J connectivity index is 1.84. The van der Waals surface area contributed by atoms with Gasteiger partial charge in [-0.25, -0.2) is 0 Å². The normalized spacial score (nSPS) is 15.6. The first-order chi connectivity index (χ1) is 9.95. The molecule has 114 valence electrons. The Kier molecular flexibility index (Phi) is 5.20. The number of anilines is 1. The standard InChI is InChI=1S/C15H20ClN3O2/c1-10(19(2)9-14(20)17-12-6-7-12)15(21)18-13-5-3-4-11(16)8-13/h3-5,8,10,12H,6-7,9H2,1-2H3,(H,17,20)(H,18,21)/t10-/m0/s1. The molecule has 0 bridgehead atoms. The molecule has 0 unspecified atom stereocenters. The van der Waals surface area contributed by atoms with Crippen molar-refractivity contribution in [3.05, 3.63) is 29.3 Å². The van der Waals surface area contributed by atoms with Crippen LogP contribution in [-0.4, -0.2) is 42.4 Å². The maximum atomic E-state index is 12.2. The molecule has 1 aromatic carbocycles. The highest BCUT2D eigenvalue weighted by Crippen LogP contribution is 2.18. The van der Waals surface area contributed by atoms with Crippen molar-refractivity contribution in [2.24, 2.45) is 0 Å². The van der Waals surface area contributed by atoms with E-state index in [4.69, 9.17) is 11.6 Å². The number of halogens is 1. The van der Waals surface area contributed by atoms with Crippen LogP contribution in [0.2, 0.25) is 5.02 Å². The summed E-state index contributed by atoms with van der Waals surface area (Å²) >= 11 is 5.88. The molecule has 0 saturated heterocycles. The highest BCUT2D eigenvalue weighted by atomic mass is 35.5. The minimum Gasteiger partial charge on any atom is -0.352 e. The van der Waals surface area contributed by atoms with Crippen LogP contribution in [-0.2, 0) is 9.59 Å². The second kappa shape index (κ2) is 6.91. The quantitative estimate of drug-likeness (QED) is 0.843. The van der Waals surface area contributed by atoms with Crippen LogP contribution in [0.5, 0.6) is 0 Å². The van der Waals surface area contributed by atoms with E-state index in [1.807, 2.05) is 0 Å². The molecule has 1 saturated carbocycles. The molecule has 2 amide bonds. The fourth-order valence-electron chi connectivity index (χ4n) is 1.88. The first kappa shape index (κ1) is 15.8. The number of nitrogens with one attached hydrogen (secondary N) is 2. The van der Waals surface area contributed by atoms with E-state index >= 15 is 0 Å². The highest BCUT2D eigenvalue weighted by Gasteiger charge is 2.25. The maximum Gasteiger partial charge on any atom is 0.241 e. The van der Waals surface area contributed by atoms with E-state index in [0.29, 0.717) is 16.8 Å². The molecule has 5 nitrogen and oxygen atoms in total. The molecule has 0 aromatic heterocycles. The third kappa shape index (κ3) is 5.02. The molecule has 2 rings (SSSR count). The molecule has 21 heavy (non-hydrogen) atoms. The van der Waals surface area contributed by atoms with Crippen molar-refractivity contribution in [2.45, 2.75) is 31.8 Å². The molecule has 1 aliphatic carbocycles. The number of rotatable bonds is 6. The van der Waals surface area contributed by atoms with Gasteiger partial charge in [0.25, 0.3) is 0 Å². The van der Waals surface area contributed by atoms with E-state index in [2.05, 4.69) is 10.6 Å². The van der Waals surface area contributed by atoms with Crippen LogP contribution in [0.1, 0.15) is 19.8 Å². The molecule has 0 heterocycles. The van der Waals surface area contributed by atoms with E-state index in [0.717, 1.165) is 12.8 Å². The molecule has 0 radical (unpaired) electrons. The molecule has 1 fully saturated rings. The zero-order chi connectivity index (χ0) is 15.4. The van der Waals surface area contributed by atoms with E-state index < -0.39 is 6.04 Å². The Morgan fingerprint density at radius 1 is 1.43 bits per heavy atom. The van der Waals surface area contributed by atoms with Gasteiger partial charge in [0.2, 0.25) is 11.8 Å². The van der Waals surface area contributed by atoms with Gasteiger partial charge in [0.05, 0.1) is 12.6 Å². The Morgan fingerprint density at radius 3 is 2.76 bits per heavy atom. The number of hydrogen-bond acceptors (Lipinski definition) is 3. The Hall–Kier alpha value is -1.59. The second-order valence-electron chi connectivity index (χ2n) is 5.43. The van der Waals surface area contributed by atoms with Gasteiger partial charge in [0, 0.05) is 16.8 Å². The van der Waals surface area contributed by atoms with Crippen LogP contribution >= 0.6 is 11.6 Å². The van der Waals surface area contributed by atoms with Crippen molar-refractivity contribution in [2.75, 3.05) is 18.9 Å². The van der Waals surface area contributed by atoms with Gasteiger partial charge >= 0.3 is 0 Å². The van der Waals surface area contributed by atoms with Crippen LogP contribution in [0.3, 0.4) is 0 Å². The summed E-state index contributed by atoms with van der Waals surface area (Å²) in [6, 6.07) is 6.91. The largest absolute Gasteiger partial charge is 0.352 e. The number of nitrogens with zero attached hydrogens (tertiary/aromatic N) is 1. The van der Waals surface area contributed by atoms with Gasteiger partial charge in [-0.15, -0.1) is 0 Å². The Bertz CT molecular complexity index is 531. The molecular weight excluding hydrogens is 290 g/mol. The summed E-state index contributed by atoms with van der Waals surface area (Å²) in [7, 11) is 1.76. The summed E-state index contributed by atoms with van der Waals surface area (Å²) in [4.78, 5) is 25.6. The molecule has 1 atom stereocenters. The Labute approximate surface area is 129 Å². The number of carbonyl (C=O) groups is 2. The monoisotopic (exact) mass is 309 g/mol. The fraction of sp³-hybridized carbons (Fsp3) is 0.467. The third-order valence-electron chi connectivity index (χ3n) is 3.47. The van der Waals surface area contributed by atoms with Crippen molar-refractivity contribution >= 4 is 29.1 Å². The van der Waals surface area contributed by atoms with Crippen molar-refractivity contribution in [1.29, 1.82) is 0 Å². The lowest BCUT2D eigenvalue weighted by Gasteiger charge is -2.23. The summed E-state index contributed by atoms with van der Waals surface area (Å²) in [6.45, 7) is 1.98.